The van der Waals surface area contributed by atoms with E-state index in [1.165, 1.54) is 0 Å². The van der Waals surface area contributed by atoms with Gasteiger partial charge < -0.3 is 26.0 Å². The minimum atomic E-state index is -0.612. The van der Waals surface area contributed by atoms with Crippen LogP contribution in [0.4, 0.5) is 5.82 Å². The Morgan fingerprint density at radius 2 is 1.93 bits per heavy atom. The first-order chi connectivity index (χ1) is 12.0. The van der Waals surface area contributed by atoms with Gasteiger partial charge >= 0.3 is 0 Å². The van der Waals surface area contributed by atoms with Gasteiger partial charge in [0.2, 0.25) is 11.8 Å². The van der Waals surface area contributed by atoms with Gasteiger partial charge in [0.15, 0.2) is 0 Å². The molecule has 1 saturated heterocycles. The third-order valence-corrected chi connectivity index (χ3v) is 4.10. The van der Waals surface area contributed by atoms with E-state index in [0.29, 0.717) is 19.8 Å². The minimum absolute atomic E-state index is 0. The summed E-state index contributed by atoms with van der Waals surface area (Å²) in [6.07, 6.45) is 1.74. The number of nitrogens with two attached hydrogens (primary N) is 1. The van der Waals surface area contributed by atoms with Crippen molar-refractivity contribution < 1.29 is 14.3 Å². The van der Waals surface area contributed by atoms with Gasteiger partial charge in [0, 0.05) is 31.4 Å². The van der Waals surface area contributed by atoms with Crippen molar-refractivity contribution in [2.75, 3.05) is 37.7 Å². The molecule has 0 aromatic carbocycles. The lowest BCUT2D eigenvalue weighted by Crippen LogP contribution is -2.47. The Kier molecular flexibility index (Phi) is 12.0. The zero-order valence-corrected chi connectivity index (χ0v) is 17.3. The molecule has 1 aliphatic heterocycles. The summed E-state index contributed by atoms with van der Waals surface area (Å²) < 4.78 is 5.36. The molecule has 1 aromatic rings. The van der Waals surface area contributed by atoms with Crippen LogP contribution < -0.4 is 21.3 Å². The van der Waals surface area contributed by atoms with Crippen LogP contribution in [-0.4, -0.2) is 55.7 Å². The third kappa shape index (κ3) is 7.88. The number of ether oxygens (including phenoxy) is 1. The zero-order chi connectivity index (χ0) is 18.2. The van der Waals surface area contributed by atoms with Crippen LogP contribution in [0.5, 0.6) is 0 Å². The summed E-state index contributed by atoms with van der Waals surface area (Å²) in [5.41, 5.74) is 6.68. The van der Waals surface area contributed by atoms with E-state index in [0.717, 1.165) is 24.5 Å². The molecule has 1 aromatic heterocycles. The third-order valence-electron chi connectivity index (χ3n) is 4.10. The molecule has 0 aliphatic carbocycles. The van der Waals surface area contributed by atoms with E-state index in [-0.39, 0.29) is 49.1 Å². The minimum Gasteiger partial charge on any atom is -0.378 e. The summed E-state index contributed by atoms with van der Waals surface area (Å²) in [4.78, 5) is 30.3. The molecule has 1 aliphatic rings. The highest BCUT2D eigenvalue weighted by atomic mass is 35.5. The van der Waals surface area contributed by atoms with Gasteiger partial charge in [-0.1, -0.05) is 19.9 Å². The molecule has 2 rings (SSSR count). The molecule has 10 heteroatoms. The lowest BCUT2D eigenvalue weighted by Gasteiger charge is -2.29. The van der Waals surface area contributed by atoms with Gasteiger partial charge in [-0.2, -0.15) is 0 Å². The largest absolute Gasteiger partial charge is 0.378 e. The topological polar surface area (TPSA) is 110 Å². The van der Waals surface area contributed by atoms with E-state index in [1.54, 1.807) is 6.20 Å². The number of nitrogens with zero attached hydrogens (tertiary/aromatic N) is 2. The number of carbonyl (C=O) groups excluding carboxylic acids is 2. The molecule has 4 N–H and O–H groups in total. The highest BCUT2D eigenvalue weighted by Gasteiger charge is 2.18. The number of nitrogens with one attached hydrogen (secondary N) is 2. The molecule has 0 radical (unpaired) electrons. The monoisotopic (exact) mass is 421 g/mol. The first-order valence-corrected chi connectivity index (χ1v) is 8.55. The standard InChI is InChI=1S/C17H27N5O3.2ClH/c1-12(2)15(18)17(24)21-11-14(23)20-10-13-4-3-5-19-16(13)22-6-8-25-9-7-22;;/h3-5,12,15H,6-11,18H2,1-2H3,(H,20,23)(H,21,24);2*1H/t15-;;/m0../s1. The quantitative estimate of drug-likeness (QED) is 0.590. The Morgan fingerprint density at radius 3 is 2.56 bits per heavy atom. The lowest BCUT2D eigenvalue weighted by atomic mass is 10.1. The molecule has 0 unspecified atom stereocenters. The van der Waals surface area contributed by atoms with E-state index in [4.69, 9.17) is 10.5 Å². The van der Waals surface area contributed by atoms with Crippen molar-refractivity contribution in [1.29, 1.82) is 0 Å². The van der Waals surface area contributed by atoms with Crippen molar-refractivity contribution in [2.45, 2.75) is 26.4 Å². The number of halogens is 2. The van der Waals surface area contributed by atoms with Crippen LogP contribution >= 0.6 is 24.8 Å². The van der Waals surface area contributed by atoms with Crippen molar-refractivity contribution in [2.24, 2.45) is 11.7 Å². The summed E-state index contributed by atoms with van der Waals surface area (Å²) in [7, 11) is 0. The normalized spacial score (nSPS) is 14.6. The number of rotatable bonds is 7. The second-order valence-electron chi connectivity index (χ2n) is 6.35. The van der Waals surface area contributed by atoms with Gasteiger partial charge in [-0.15, -0.1) is 24.8 Å². The number of hydrogen-bond donors (Lipinski definition) is 3. The first kappa shape index (κ1) is 25.4. The van der Waals surface area contributed by atoms with Crippen LogP contribution in [-0.2, 0) is 20.9 Å². The van der Waals surface area contributed by atoms with Crippen molar-refractivity contribution in [1.82, 2.24) is 15.6 Å². The number of anilines is 1. The number of amides is 2. The van der Waals surface area contributed by atoms with Crippen molar-refractivity contribution >= 4 is 42.4 Å². The van der Waals surface area contributed by atoms with Crippen molar-refractivity contribution in [3.05, 3.63) is 23.9 Å². The second kappa shape index (κ2) is 12.7. The number of aromatic nitrogens is 1. The average molecular weight is 422 g/mol. The van der Waals surface area contributed by atoms with Crippen LogP contribution in [0.15, 0.2) is 18.3 Å². The van der Waals surface area contributed by atoms with Gasteiger partial charge in [-0.25, -0.2) is 4.98 Å². The maximum absolute atomic E-state index is 12.0. The van der Waals surface area contributed by atoms with Crippen molar-refractivity contribution in [3.63, 3.8) is 0 Å². The molecular formula is C17H29Cl2N5O3. The maximum Gasteiger partial charge on any atom is 0.239 e. The highest BCUT2D eigenvalue weighted by Crippen LogP contribution is 2.18. The van der Waals surface area contributed by atoms with E-state index in [9.17, 15) is 9.59 Å². The molecule has 1 atom stereocenters. The Morgan fingerprint density at radius 1 is 1.26 bits per heavy atom. The predicted octanol–water partition coefficient (Wildman–Crippen LogP) is 0.478. The zero-order valence-electron chi connectivity index (χ0n) is 15.6. The summed E-state index contributed by atoms with van der Waals surface area (Å²) in [6, 6.07) is 3.17. The fourth-order valence-electron chi connectivity index (χ4n) is 2.47. The van der Waals surface area contributed by atoms with Crippen LogP contribution in [0, 0.1) is 5.92 Å². The number of carbonyl (C=O) groups is 2. The summed E-state index contributed by atoms with van der Waals surface area (Å²) in [5.74, 6) is 0.299. The summed E-state index contributed by atoms with van der Waals surface area (Å²) in [6.45, 7) is 6.88. The Bertz CT molecular complexity index is 598. The summed E-state index contributed by atoms with van der Waals surface area (Å²) in [5, 5.41) is 5.37. The molecular weight excluding hydrogens is 393 g/mol. The van der Waals surface area contributed by atoms with Crippen LogP contribution in [0.25, 0.3) is 0 Å². The second-order valence-corrected chi connectivity index (χ2v) is 6.35. The smallest absolute Gasteiger partial charge is 0.239 e. The molecule has 2 heterocycles. The number of pyridine rings is 1. The van der Waals surface area contributed by atoms with Gasteiger partial charge in [0.1, 0.15) is 5.82 Å². The van der Waals surface area contributed by atoms with Gasteiger partial charge in [0.25, 0.3) is 0 Å². The highest BCUT2D eigenvalue weighted by molar-refractivity contribution is 5.87. The van der Waals surface area contributed by atoms with E-state index in [1.807, 2.05) is 26.0 Å². The Hall–Kier alpha value is -1.61. The predicted molar refractivity (Wildman–Crippen MR) is 109 cm³/mol. The molecule has 27 heavy (non-hydrogen) atoms. The molecule has 2 amide bonds. The Balaban J connectivity index is 0.00000338. The van der Waals surface area contributed by atoms with E-state index >= 15 is 0 Å². The maximum atomic E-state index is 12.0. The fraction of sp³-hybridized carbons (Fsp3) is 0.588. The SMILES string of the molecule is CC(C)[C@H](N)C(=O)NCC(=O)NCc1cccnc1N1CCOCC1.Cl.Cl. The summed E-state index contributed by atoms with van der Waals surface area (Å²) >= 11 is 0. The first-order valence-electron chi connectivity index (χ1n) is 8.55. The van der Waals surface area contributed by atoms with Crippen LogP contribution in [0.1, 0.15) is 19.4 Å². The average Bonchev–Trinajstić information content (AvgIpc) is 2.64. The van der Waals surface area contributed by atoms with Gasteiger partial charge in [-0.05, 0) is 12.0 Å². The molecule has 0 saturated carbocycles. The number of hydrogen-bond acceptors (Lipinski definition) is 6. The molecule has 0 spiro atoms. The van der Waals surface area contributed by atoms with E-state index in [2.05, 4.69) is 20.5 Å². The molecule has 1 fully saturated rings. The molecule has 8 nitrogen and oxygen atoms in total. The number of morpholine rings is 1. The lowest BCUT2D eigenvalue weighted by molar-refractivity contribution is -0.127. The molecule has 154 valence electrons. The Labute approximate surface area is 172 Å². The van der Waals surface area contributed by atoms with E-state index < -0.39 is 6.04 Å². The molecule has 0 bridgehead atoms. The fourth-order valence-corrected chi connectivity index (χ4v) is 2.47. The van der Waals surface area contributed by atoms with Gasteiger partial charge in [0.05, 0.1) is 25.8 Å². The van der Waals surface area contributed by atoms with Gasteiger partial charge in [-0.3, -0.25) is 9.59 Å². The van der Waals surface area contributed by atoms with Crippen LogP contribution in [0.2, 0.25) is 0 Å². The van der Waals surface area contributed by atoms with Crippen molar-refractivity contribution in [3.8, 4) is 0 Å². The van der Waals surface area contributed by atoms with Crippen LogP contribution in [0.3, 0.4) is 0 Å².